The predicted molar refractivity (Wildman–Crippen MR) is 196 cm³/mol. The van der Waals surface area contributed by atoms with Crippen molar-refractivity contribution < 1.29 is 29.1 Å². The highest BCUT2D eigenvalue weighted by atomic mass is 16.3. The Labute approximate surface area is 302 Å². The number of H-pyrrole nitrogens is 1. The van der Waals surface area contributed by atoms with Gasteiger partial charge in [-0.3, -0.25) is 24.0 Å². The van der Waals surface area contributed by atoms with Crippen LogP contribution in [0.5, 0.6) is 0 Å². The zero-order chi connectivity index (χ0) is 36.9. The number of fused-ring (bicyclic) bond motifs is 2. The van der Waals surface area contributed by atoms with Gasteiger partial charge in [-0.1, -0.05) is 74.5 Å². The Hall–Kier alpha value is -5.49. The molecule has 0 unspecified atom stereocenters. The van der Waals surface area contributed by atoms with Gasteiger partial charge in [0.15, 0.2) is 0 Å². The molecule has 272 valence electrons. The maximum absolute atomic E-state index is 14.3. The number of hydrogen-bond acceptors (Lipinski definition) is 6. The minimum absolute atomic E-state index is 0.0233. The molecular formula is C40H46N6O6. The summed E-state index contributed by atoms with van der Waals surface area (Å²) in [6, 6.07) is 20.0. The fraction of sp³-hybridized carbons (Fsp3) is 0.375. The molecule has 0 bridgehead atoms. The number of nitrogens with zero attached hydrogens (tertiary/aromatic N) is 2. The fourth-order valence-electron chi connectivity index (χ4n) is 7.11. The van der Waals surface area contributed by atoms with Gasteiger partial charge in [-0.25, -0.2) is 0 Å². The number of carbonyl (C=O) groups excluding carboxylic acids is 5. The van der Waals surface area contributed by atoms with Crippen LogP contribution in [0.15, 0.2) is 85.1 Å². The van der Waals surface area contributed by atoms with Gasteiger partial charge in [0, 0.05) is 48.6 Å². The molecule has 3 heterocycles. The molecule has 12 nitrogen and oxygen atoms in total. The largest absolute Gasteiger partial charge is 0.391 e. The summed E-state index contributed by atoms with van der Waals surface area (Å²) in [5, 5.41) is 20.1. The Morgan fingerprint density at radius 3 is 2.31 bits per heavy atom. The van der Waals surface area contributed by atoms with E-state index in [-0.39, 0.29) is 25.9 Å². The molecule has 3 aromatic carbocycles. The maximum Gasteiger partial charge on any atom is 0.254 e. The molecule has 2 aliphatic rings. The number of amides is 5. The SMILES string of the molecule is CC(C)Cc1ccc(C(=O)N2CC(=O)N[C@H](Cc3c[nH]c4ccccc34)C(=O)N3C[C@H](O)C[C@H]3C(=O)N[C@@H](C)C(=O)N[C@H](c3ccccc3)C2)cc1. The zero-order valence-corrected chi connectivity index (χ0v) is 29.7. The Kier molecular flexibility index (Phi) is 11.0. The summed E-state index contributed by atoms with van der Waals surface area (Å²) >= 11 is 0. The summed E-state index contributed by atoms with van der Waals surface area (Å²) < 4.78 is 0. The number of carbonyl (C=O) groups is 5. The van der Waals surface area contributed by atoms with Crippen molar-refractivity contribution in [3.05, 3.63) is 107 Å². The summed E-state index contributed by atoms with van der Waals surface area (Å²) in [5.41, 5.74) is 3.78. The quantitative estimate of drug-likeness (QED) is 0.207. The Morgan fingerprint density at radius 2 is 1.58 bits per heavy atom. The number of aliphatic hydroxyl groups excluding tert-OH is 1. The van der Waals surface area contributed by atoms with E-state index >= 15 is 0 Å². The third kappa shape index (κ3) is 8.34. The van der Waals surface area contributed by atoms with Crippen LogP contribution in [0.3, 0.4) is 0 Å². The second kappa shape index (κ2) is 15.8. The van der Waals surface area contributed by atoms with E-state index in [1.54, 1.807) is 18.3 Å². The Morgan fingerprint density at radius 1 is 0.865 bits per heavy atom. The number of benzene rings is 3. The normalized spacial score (nSPS) is 23.4. The lowest BCUT2D eigenvalue weighted by molar-refractivity contribution is -0.142. The van der Waals surface area contributed by atoms with Crippen molar-refractivity contribution in [2.45, 2.75) is 70.3 Å². The average molecular weight is 707 g/mol. The van der Waals surface area contributed by atoms with Crippen LogP contribution >= 0.6 is 0 Å². The molecule has 6 rings (SSSR count). The Balaban J connectivity index is 1.38. The van der Waals surface area contributed by atoms with Gasteiger partial charge < -0.3 is 35.8 Å². The third-order valence-electron chi connectivity index (χ3n) is 9.74. The molecule has 0 radical (unpaired) electrons. The van der Waals surface area contributed by atoms with Crippen LogP contribution in [-0.4, -0.2) is 93.3 Å². The smallest absolute Gasteiger partial charge is 0.254 e. The lowest BCUT2D eigenvalue weighted by atomic mass is 10.0. The number of nitrogens with one attached hydrogen (secondary N) is 4. The van der Waals surface area contributed by atoms with E-state index in [0.717, 1.165) is 28.5 Å². The van der Waals surface area contributed by atoms with E-state index in [9.17, 15) is 29.1 Å². The first-order valence-corrected chi connectivity index (χ1v) is 17.8. The number of hydrogen-bond donors (Lipinski definition) is 5. The minimum atomic E-state index is -1.13. The van der Waals surface area contributed by atoms with Crippen molar-refractivity contribution in [2.24, 2.45) is 5.92 Å². The van der Waals surface area contributed by atoms with E-state index in [1.165, 1.54) is 16.7 Å². The summed E-state index contributed by atoms with van der Waals surface area (Å²) in [7, 11) is 0. The molecule has 2 fully saturated rings. The second-order valence-corrected chi connectivity index (χ2v) is 14.3. The monoisotopic (exact) mass is 706 g/mol. The summed E-state index contributed by atoms with van der Waals surface area (Å²) in [6.45, 7) is 5.17. The first-order valence-electron chi connectivity index (χ1n) is 17.8. The van der Waals surface area contributed by atoms with E-state index in [4.69, 9.17) is 0 Å². The molecule has 1 aromatic heterocycles. The van der Waals surface area contributed by atoms with Gasteiger partial charge in [-0.2, -0.15) is 0 Å². The molecule has 0 aliphatic carbocycles. The molecule has 5 amide bonds. The molecule has 2 aliphatic heterocycles. The Bertz CT molecular complexity index is 1930. The molecule has 12 heteroatoms. The zero-order valence-electron chi connectivity index (χ0n) is 29.7. The maximum atomic E-state index is 14.3. The molecule has 0 saturated carbocycles. The summed E-state index contributed by atoms with van der Waals surface area (Å²) in [6.07, 6.45) is 1.71. The molecule has 0 spiro atoms. The van der Waals surface area contributed by atoms with E-state index in [2.05, 4.69) is 34.8 Å². The van der Waals surface area contributed by atoms with E-state index in [1.807, 2.05) is 66.7 Å². The molecule has 5 N–H and O–H groups in total. The number of rotatable bonds is 6. The van der Waals surface area contributed by atoms with E-state index in [0.29, 0.717) is 17.0 Å². The second-order valence-electron chi connectivity index (χ2n) is 14.3. The highest BCUT2D eigenvalue weighted by molar-refractivity contribution is 5.98. The molecule has 52 heavy (non-hydrogen) atoms. The highest BCUT2D eigenvalue weighted by Gasteiger charge is 2.42. The van der Waals surface area contributed by atoms with Crippen LogP contribution in [-0.2, 0) is 32.0 Å². The van der Waals surface area contributed by atoms with Crippen LogP contribution in [0.4, 0.5) is 0 Å². The molecule has 2 saturated heterocycles. The number of aromatic nitrogens is 1. The third-order valence-corrected chi connectivity index (χ3v) is 9.74. The van der Waals surface area contributed by atoms with Gasteiger partial charge in [0.25, 0.3) is 5.91 Å². The first kappa shape index (κ1) is 36.3. The van der Waals surface area contributed by atoms with Crippen molar-refractivity contribution in [3.63, 3.8) is 0 Å². The highest BCUT2D eigenvalue weighted by Crippen LogP contribution is 2.24. The number of para-hydroxylation sites is 1. The lowest BCUT2D eigenvalue weighted by Crippen LogP contribution is -2.56. The van der Waals surface area contributed by atoms with Crippen LogP contribution in [0.2, 0.25) is 0 Å². The standard InChI is InChI=1S/C40H46N6O6/c1-24(2)17-26-13-15-28(16-14-26)39(51)45-22-34(27-9-5-4-6-10-27)44-37(49)25(3)42-38(50)35-19-30(47)21-46(35)40(52)33(43-36(48)23-45)18-29-20-41-32-12-8-7-11-31(29)32/h4-16,20,24-25,30,33-35,41,47H,17-19,21-23H2,1-3H3,(H,42,50)(H,43,48)(H,44,49)/t25-,30+,33+,34-,35-/m0/s1. The topological polar surface area (TPSA) is 164 Å². The van der Waals surface area contributed by atoms with Gasteiger partial charge in [-0.15, -0.1) is 0 Å². The van der Waals surface area contributed by atoms with Gasteiger partial charge in [0.1, 0.15) is 18.1 Å². The fourth-order valence-corrected chi connectivity index (χ4v) is 7.11. The summed E-state index contributed by atoms with van der Waals surface area (Å²) in [4.78, 5) is 75.8. The van der Waals surface area contributed by atoms with Crippen LogP contribution in [0, 0.1) is 5.92 Å². The van der Waals surface area contributed by atoms with Crippen LogP contribution in [0.1, 0.15) is 60.3 Å². The van der Waals surface area contributed by atoms with Crippen molar-refractivity contribution in [2.75, 3.05) is 19.6 Å². The van der Waals surface area contributed by atoms with E-state index < -0.39 is 66.4 Å². The van der Waals surface area contributed by atoms with Crippen molar-refractivity contribution in [1.29, 1.82) is 0 Å². The molecule has 4 aromatic rings. The van der Waals surface area contributed by atoms with Crippen molar-refractivity contribution >= 4 is 40.4 Å². The minimum Gasteiger partial charge on any atom is -0.391 e. The molecule has 5 atom stereocenters. The summed E-state index contributed by atoms with van der Waals surface area (Å²) in [5.74, 6) is -2.24. The predicted octanol–water partition coefficient (Wildman–Crippen LogP) is 2.87. The van der Waals surface area contributed by atoms with Gasteiger partial charge in [0.2, 0.25) is 23.6 Å². The lowest BCUT2D eigenvalue weighted by Gasteiger charge is -2.30. The number of aliphatic hydroxyl groups is 1. The number of aromatic amines is 1. The van der Waals surface area contributed by atoms with Crippen LogP contribution < -0.4 is 16.0 Å². The van der Waals surface area contributed by atoms with Gasteiger partial charge in [0.05, 0.1) is 18.7 Å². The molecular weight excluding hydrogens is 660 g/mol. The average Bonchev–Trinajstić information content (AvgIpc) is 3.73. The first-order chi connectivity index (χ1) is 25.0. The van der Waals surface area contributed by atoms with Crippen LogP contribution in [0.25, 0.3) is 10.9 Å². The van der Waals surface area contributed by atoms with Crippen molar-refractivity contribution in [1.82, 2.24) is 30.7 Å². The van der Waals surface area contributed by atoms with Gasteiger partial charge in [-0.05, 0) is 54.2 Å². The van der Waals surface area contributed by atoms with Gasteiger partial charge >= 0.3 is 0 Å². The van der Waals surface area contributed by atoms with Crippen molar-refractivity contribution in [3.8, 4) is 0 Å².